The number of hydrogen-bond donors (Lipinski definition) is 1. The summed E-state index contributed by atoms with van der Waals surface area (Å²) in [6.45, 7) is 5.03. The normalized spacial score (nSPS) is 22.9. The molecule has 3 heteroatoms. The Morgan fingerprint density at radius 2 is 2.36 bits per heavy atom. The number of aliphatic hydroxyl groups is 1. The summed E-state index contributed by atoms with van der Waals surface area (Å²) in [5.41, 5.74) is 0. The quantitative estimate of drug-likeness (QED) is 0.656. The van der Waals surface area contributed by atoms with Crippen LogP contribution in [-0.2, 0) is 4.74 Å². The first-order valence-corrected chi connectivity index (χ1v) is 3.94. The van der Waals surface area contributed by atoms with Gasteiger partial charge in [0.05, 0.1) is 6.61 Å². The molecule has 0 aromatic heterocycles. The molecule has 1 rings (SSSR count). The minimum atomic E-state index is 0.113. The third-order valence-electron chi connectivity index (χ3n) is 1.73. The SMILES string of the molecule is CC(C)C1OC=CN1CCO. The third kappa shape index (κ3) is 1.87. The van der Waals surface area contributed by atoms with Crippen LogP contribution in [0.25, 0.3) is 0 Å². The Hall–Kier alpha value is -0.700. The summed E-state index contributed by atoms with van der Waals surface area (Å²) in [4.78, 5) is 2.00. The first-order valence-electron chi connectivity index (χ1n) is 3.94. The van der Waals surface area contributed by atoms with Crippen LogP contribution in [0.15, 0.2) is 12.5 Å². The molecule has 0 aliphatic carbocycles. The zero-order valence-corrected chi connectivity index (χ0v) is 7.03. The van der Waals surface area contributed by atoms with Crippen LogP contribution in [0, 0.1) is 5.92 Å². The van der Waals surface area contributed by atoms with Crippen molar-refractivity contribution in [3.05, 3.63) is 12.5 Å². The molecule has 1 atom stereocenters. The predicted molar refractivity (Wildman–Crippen MR) is 42.6 cm³/mol. The fraction of sp³-hybridized carbons (Fsp3) is 0.750. The molecule has 0 saturated carbocycles. The highest BCUT2D eigenvalue weighted by atomic mass is 16.5. The summed E-state index contributed by atoms with van der Waals surface area (Å²) in [7, 11) is 0. The molecular weight excluding hydrogens is 142 g/mol. The molecule has 1 N–H and O–H groups in total. The molecule has 0 bridgehead atoms. The third-order valence-corrected chi connectivity index (χ3v) is 1.73. The second kappa shape index (κ2) is 3.62. The molecule has 1 aliphatic heterocycles. The van der Waals surface area contributed by atoms with Gasteiger partial charge in [-0.1, -0.05) is 13.8 Å². The number of nitrogens with zero attached hydrogens (tertiary/aromatic N) is 1. The number of hydrogen-bond acceptors (Lipinski definition) is 3. The monoisotopic (exact) mass is 157 g/mol. The maximum Gasteiger partial charge on any atom is 0.173 e. The van der Waals surface area contributed by atoms with E-state index in [1.165, 1.54) is 0 Å². The Labute approximate surface area is 67.3 Å². The van der Waals surface area contributed by atoms with Gasteiger partial charge >= 0.3 is 0 Å². The first-order chi connectivity index (χ1) is 5.25. The van der Waals surface area contributed by atoms with E-state index >= 15 is 0 Å². The summed E-state index contributed by atoms with van der Waals surface area (Å²) >= 11 is 0. The Morgan fingerprint density at radius 1 is 1.64 bits per heavy atom. The number of rotatable bonds is 3. The molecule has 0 fully saturated rings. The fourth-order valence-electron chi connectivity index (χ4n) is 1.21. The topological polar surface area (TPSA) is 32.7 Å². The van der Waals surface area contributed by atoms with Gasteiger partial charge in [0.1, 0.15) is 6.26 Å². The minimum Gasteiger partial charge on any atom is -0.476 e. The highest BCUT2D eigenvalue weighted by Gasteiger charge is 2.22. The lowest BCUT2D eigenvalue weighted by Gasteiger charge is -2.26. The molecule has 0 aromatic rings. The molecule has 3 nitrogen and oxygen atoms in total. The molecule has 0 amide bonds. The molecule has 11 heavy (non-hydrogen) atoms. The average molecular weight is 157 g/mol. The van der Waals surface area contributed by atoms with Crippen LogP contribution in [0.4, 0.5) is 0 Å². The number of aliphatic hydroxyl groups excluding tert-OH is 1. The van der Waals surface area contributed by atoms with Crippen LogP contribution in [0.1, 0.15) is 13.8 Å². The second-order valence-corrected chi connectivity index (χ2v) is 3.02. The van der Waals surface area contributed by atoms with Crippen LogP contribution in [0.3, 0.4) is 0 Å². The standard InChI is InChI=1S/C8H15NO2/c1-7(2)8-9(3-5-10)4-6-11-8/h4,6-8,10H,3,5H2,1-2H3. The zero-order chi connectivity index (χ0) is 8.27. The maximum absolute atomic E-state index is 8.70. The maximum atomic E-state index is 8.70. The van der Waals surface area contributed by atoms with E-state index in [9.17, 15) is 0 Å². The van der Waals surface area contributed by atoms with Crippen molar-refractivity contribution in [2.75, 3.05) is 13.2 Å². The summed E-state index contributed by atoms with van der Waals surface area (Å²) < 4.78 is 5.31. The van der Waals surface area contributed by atoms with Crippen LogP contribution >= 0.6 is 0 Å². The van der Waals surface area contributed by atoms with E-state index in [2.05, 4.69) is 13.8 Å². The summed E-state index contributed by atoms with van der Waals surface area (Å²) in [5.74, 6) is 0.455. The van der Waals surface area contributed by atoms with Gasteiger partial charge in [0.15, 0.2) is 6.23 Å². The van der Waals surface area contributed by atoms with E-state index in [0.29, 0.717) is 12.5 Å². The highest BCUT2D eigenvalue weighted by molar-refractivity contribution is 4.87. The van der Waals surface area contributed by atoms with Gasteiger partial charge in [-0.25, -0.2) is 0 Å². The smallest absolute Gasteiger partial charge is 0.173 e. The van der Waals surface area contributed by atoms with Gasteiger partial charge in [0.2, 0.25) is 0 Å². The van der Waals surface area contributed by atoms with E-state index in [-0.39, 0.29) is 12.8 Å². The number of ether oxygens (including phenoxy) is 1. The van der Waals surface area contributed by atoms with Crippen LogP contribution in [0.2, 0.25) is 0 Å². The van der Waals surface area contributed by atoms with Gasteiger partial charge in [0, 0.05) is 18.7 Å². The first kappa shape index (κ1) is 8.40. The number of β-amino-alcohol motifs (C(OH)–C–C–N with tert-alkyl or cyclic N) is 1. The van der Waals surface area contributed by atoms with E-state index in [4.69, 9.17) is 9.84 Å². The van der Waals surface area contributed by atoms with E-state index in [1.807, 2.05) is 11.1 Å². The van der Waals surface area contributed by atoms with Crippen molar-refractivity contribution in [2.45, 2.75) is 20.1 Å². The zero-order valence-electron chi connectivity index (χ0n) is 7.03. The molecule has 0 aromatic carbocycles. The van der Waals surface area contributed by atoms with Gasteiger partial charge in [0.25, 0.3) is 0 Å². The van der Waals surface area contributed by atoms with E-state index in [0.717, 1.165) is 0 Å². The molecule has 1 unspecified atom stereocenters. The van der Waals surface area contributed by atoms with Crippen molar-refractivity contribution in [3.63, 3.8) is 0 Å². The lowest BCUT2D eigenvalue weighted by Crippen LogP contribution is -2.34. The molecule has 0 saturated heterocycles. The van der Waals surface area contributed by atoms with Gasteiger partial charge in [-0.05, 0) is 0 Å². The highest BCUT2D eigenvalue weighted by Crippen LogP contribution is 2.17. The van der Waals surface area contributed by atoms with Crippen molar-refractivity contribution < 1.29 is 9.84 Å². The molecule has 64 valence electrons. The van der Waals surface area contributed by atoms with Crippen LogP contribution in [0.5, 0.6) is 0 Å². The Balaban J connectivity index is 2.42. The summed E-state index contributed by atoms with van der Waals surface area (Å²) in [6, 6.07) is 0. The molecule has 1 aliphatic rings. The van der Waals surface area contributed by atoms with Crippen LogP contribution < -0.4 is 0 Å². The molecule has 0 radical (unpaired) electrons. The van der Waals surface area contributed by atoms with E-state index in [1.54, 1.807) is 6.26 Å². The van der Waals surface area contributed by atoms with Crippen molar-refractivity contribution in [1.82, 2.24) is 4.90 Å². The Bertz CT molecular complexity index is 145. The fourth-order valence-corrected chi connectivity index (χ4v) is 1.21. The van der Waals surface area contributed by atoms with Crippen molar-refractivity contribution in [3.8, 4) is 0 Å². The minimum absolute atomic E-state index is 0.113. The predicted octanol–water partition coefficient (Wildman–Crippen LogP) is 0.764. The summed E-state index contributed by atoms with van der Waals surface area (Å²) in [5, 5.41) is 8.70. The molecule has 1 heterocycles. The van der Waals surface area contributed by atoms with Crippen LogP contribution in [-0.4, -0.2) is 29.4 Å². The Morgan fingerprint density at radius 3 is 2.91 bits per heavy atom. The lowest BCUT2D eigenvalue weighted by molar-refractivity contribution is 0.0119. The summed E-state index contributed by atoms with van der Waals surface area (Å²) in [6.07, 6.45) is 3.67. The van der Waals surface area contributed by atoms with Gasteiger partial charge in [-0.3, -0.25) is 0 Å². The van der Waals surface area contributed by atoms with Gasteiger partial charge in [-0.2, -0.15) is 0 Å². The van der Waals surface area contributed by atoms with Crippen molar-refractivity contribution in [1.29, 1.82) is 0 Å². The average Bonchev–Trinajstić information content (AvgIpc) is 2.36. The van der Waals surface area contributed by atoms with E-state index < -0.39 is 0 Å². The van der Waals surface area contributed by atoms with Crippen molar-refractivity contribution in [2.24, 2.45) is 5.92 Å². The Kier molecular flexibility index (Phi) is 2.76. The molecular formula is C8H15NO2. The molecule has 0 spiro atoms. The largest absolute Gasteiger partial charge is 0.476 e. The van der Waals surface area contributed by atoms with Crippen molar-refractivity contribution >= 4 is 0 Å². The van der Waals surface area contributed by atoms with Gasteiger partial charge in [-0.15, -0.1) is 0 Å². The second-order valence-electron chi connectivity index (χ2n) is 3.02. The lowest BCUT2D eigenvalue weighted by atomic mass is 10.2. The van der Waals surface area contributed by atoms with Gasteiger partial charge < -0.3 is 14.7 Å².